The summed E-state index contributed by atoms with van der Waals surface area (Å²) in [7, 11) is 0. The van der Waals surface area contributed by atoms with Crippen LogP contribution in [0.1, 0.15) is 24.1 Å². The number of hydrogen-bond acceptors (Lipinski definition) is 4. The van der Waals surface area contributed by atoms with Crippen LogP contribution in [0.5, 0.6) is 0 Å². The molecular formula is C15H19N3O2. The van der Waals surface area contributed by atoms with Gasteiger partial charge in [-0.1, -0.05) is 37.3 Å². The Morgan fingerprint density at radius 1 is 1.40 bits per heavy atom. The second-order valence-corrected chi connectivity index (χ2v) is 4.59. The first-order valence-corrected chi connectivity index (χ1v) is 6.70. The molecule has 0 radical (unpaired) electrons. The number of carbonyl (C=O) groups is 1. The molecule has 1 aromatic carbocycles. The van der Waals surface area contributed by atoms with Gasteiger partial charge < -0.3 is 15.5 Å². The summed E-state index contributed by atoms with van der Waals surface area (Å²) in [6.45, 7) is 2.25. The first-order chi connectivity index (χ1) is 9.69. The molecule has 2 rings (SSSR count). The molecule has 5 heteroatoms. The molecule has 0 spiro atoms. The molecule has 0 saturated heterocycles. The van der Waals surface area contributed by atoms with Crippen LogP contribution < -0.4 is 11.1 Å². The number of hydrogen-bond donors (Lipinski definition) is 2. The lowest BCUT2D eigenvalue weighted by Crippen LogP contribution is -2.41. The second-order valence-electron chi connectivity index (χ2n) is 4.59. The molecule has 1 atom stereocenters. The SMILES string of the molecule is CCc1cnc(CNC(=O)[C@@H](N)Cc2ccccc2)o1. The van der Waals surface area contributed by atoms with Crippen molar-refractivity contribution in [1.29, 1.82) is 0 Å². The zero-order chi connectivity index (χ0) is 14.4. The van der Waals surface area contributed by atoms with Gasteiger partial charge in [-0.2, -0.15) is 0 Å². The van der Waals surface area contributed by atoms with Gasteiger partial charge in [0.2, 0.25) is 11.8 Å². The monoisotopic (exact) mass is 273 g/mol. The third-order valence-corrected chi connectivity index (χ3v) is 3.00. The first kappa shape index (κ1) is 14.3. The van der Waals surface area contributed by atoms with Crippen LogP contribution in [0.4, 0.5) is 0 Å². The highest BCUT2D eigenvalue weighted by Crippen LogP contribution is 2.05. The molecule has 5 nitrogen and oxygen atoms in total. The lowest BCUT2D eigenvalue weighted by molar-refractivity contribution is -0.122. The fourth-order valence-electron chi connectivity index (χ4n) is 1.85. The number of aromatic nitrogens is 1. The van der Waals surface area contributed by atoms with Gasteiger partial charge in [-0.25, -0.2) is 4.98 Å². The maximum atomic E-state index is 11.9. The Labute approximate surface area is 118 Å². The van der Waals surface area contributed by atoms with E-state index in [9.17, 15) is 4.79 Å². The Morgan fingerprint density at radius 3 is 2.80 bits per heavy atom. The van der Waals surface area contributed by atoms with Crippen LogP contribution in [-0.2, 0) is 24.2 Å². The molecule has 20 heavy (non-hydrogen) atoms. The lowest BCUT2D eigenvalue weighted by Gasteiger charge is -2.11. The summed E-state index contributed by atoms with van der Waals surface area (Å²) in [6, 6.07) is 9.13. The summed E-state index contributed by atoms with van der Waals surface area (Å²) < 4.78 is 5.41. The van der Waals surface area contributed by atoms with Gasteiger partial charge in [0.1, 0.15) is 5.76 Å². The molecule has 0 aliphatic heterocycles. The van der Waals surface area contributed by atoms with Crippen LogP contribution in [0.15, 0.2) is 40.9 Å². The fraction of sp³-hybridized carbons (Fsp3) is 0.333. The largest absolute Gasteiger partial charge is 0.444 e. The van der Waals surface area contributed by atoms with E-state index in [1.165, 1.54) is 0 Å². The van der Waals surface area contributed by atoms with Crippen molar-refractivity contribution >= 4 is 5.91 Å². The first-order valence-electron chi connectivity index (χ1n) is 6.70. The number of nitrogens with two attached hydrogens (primary N) is 1. The Balaban J connectivity index is 1.82. The Bertz CT molecular complexity index is 551. The van der Waals surface area contributed by atoms with Crippen LogP contribution in [-0.4, -0.2) is 16.9 Å². The van der Waals surface area contributed by atoms with E-state index in [1.807, 2.05) is 37.3 Å². The predicted molar refractivity (Wildman–Crippen MR) is 75.8 cm³/mol. The number of rotatable bonds is 6. The molecule has 0 unspecified atom stereocenters. The van der Waals surface area contributed by atoms with Crippen molar-refractivity contribution in [3.8, 4) is 0 Å². The summed E-state index contributed by atoms with van der Waals surface area (Å²) in [5, 5.41) is 2.74. The molecule has 0 aliphatic carbocycles. The average Bonchev–Trinajstić information content (AvgIpc) is 2.93. The van der Waals surface area contributed by atoms with E-state index in [2.05, 4.69) is 10.3 Å². The Morgan fingerprint density at radius 2 is 2.15 bits per heavy atom. The van der Waals surface area contributed by atoms with Gasteiger partial charge in [0, 0.05) is 6.42 Å². The minimum Gasteiger partial charge on any atom is -0.444 e. The third kappa shape index (κ3) is 3.93. The van der Waals surface area contributed by atoms with Crippen molar-refractivity contribution in [1.82, 2.24) is 10.3 Å². The van der Waals surface area contributed by atoms with Crippen molar-refractivity contribution in [2.24, 2.45) is 5.73 Å². The quantitative estimate of drug-likeness (QED) is 0.834. The van der Waals surface area contributed by atoms with Crippen LogP contribution in [0.3, 0.4) is 0 Å². The third-order valence-electron chi connectivity index (χ3n) is 3.00. The zero-order valence-electron chi connectivity index (χ0n) is 11.5. The van der Waals surface area contributed by atoms with Gasteiger partial charge in [0.05, 0.1) is 18.8 Å². The normalized spacial score (nSPS) is 12.1. The number of nitrogens with one attached hydrogen (secondary N) is 1. The number of nitrogens with zero attached hydrogens (tertiary/aromatic N) is 1. The average molecular weight is 273 g/mol. The number of amides is 1. The van der Waals surface area contributed by atoms with E-state index in [1.54, 1.807) is 6.20 Å². The molecule has 1 amide bonds. The van der Waals surface area contributed by atoms with Gasteiger partial charge in [0.15, 0.2) is 0 Å². The summed E-state index contributed by atoms with van der Waals surface area (Å²) in [5.41, 5.74) is 6.92. The summed E-state index contributed by atoms with van der Waals surface area (Å²) >= 11 is 0. The number of aryl methyl sites for hydroxylation is 1. The molecule has 1 heterocycles. The summed E-state index contributed by atoms with van der Waals surface area (Å²) in [6.07, 6.45) is 2.97. The molecule has 0 bridgehead atoms. The van der Waals surface area contributed by atoms with Gasteiger partial charge in [-0.3, -0.25) is 4.79 Å². The highest BCUT2D eigenvalue weighted by Gasteiger charge is 2.14. The molecule has 3 N–H and O–H groups in total. The van der Waals surface area contributed by atoms with E-state index in [0.29, 0.717) is 12.3 Å². The van der Waals surface area contributed by atoms with Gasteiger partial charge >= 0.3 is 0 Å². The topological polar surface area (TPSA) is 81.2 Å². The van der Waals surface area contributed by atoms with Gasteiger partial charge in [-0.05, 0) is 12.0 Å². The molecule has 1 aromatic heterocycles. The molecule has 0 fully saturated rings. The van der Waals surface area contributed by atoms with Crippen molar-refractivity contribution in [2.75, 3.05) is 0 Å². The summed E-state index contributed by atoms with van der Waals surface area (Å²) in [4.78, 5) is 16.0. The van der Waals surface area contributed by atoms with Crippen LogP contribution >= 0.6 is 0 Å². The smallest absolute Gasteiger partial charge is 0.237 e. The van der Waals surface area contributed by atoms with Crippen molar-refractivity contribution < 1.29 is 9.21 Å². The summed E-state index contributed by atoms with van der Waals surface area (Å²) in [5.74, 6) is 1.11. The van der Waals surface area contributed by atoms with E-state index in [-0.39, 0.29) is 12.5 Å². The fourth-order valence-corrected chi connectivity index (χ4v) is 1.85. The van der Waals surface area contributed by atoms with E-state index >= 15 is 0 Å². The Kier molecular flexibility index (Phi) is 4.90. The predicted octanol–water partition coefficient (Wildman–Crippen LogP) is 1.42. The highest BCUT2D eigenvalue weighted by atomic mass is 16.4. The van der Waals surface area contributed by atoms with Gasteiger partial charge in [-0.15, -0.1) is 0 Å². The van der Waals surface area contributed by atoms with E-state index in [4.69, 9.17) is 10.2 Å². The molecule has 0 aliphatic rings. The lowest BCUT2D eigenvalue weighted by atomic mass is 10.1. The van der Waals surface area contributed by atoms with Crippen molar-refractivity contribution in [2.45, 2.75) is 32.4 Å². The standard InChI is InChI=1S/C15H19N3O2/c1-2-12-9-17-14(20-12)10-18-15(19)13(16)8-11-6-4-3-5-7-11/h3-7,9,13H,2,8,10,16H2,1H3,(H,18,19)/t13-/m0/s1. The minimum atomic E-state index is -0.571. The van der Waals surface area contributed by atoms with Gasteiger partial charge in [0.25, 0.3) is 0 Å². The number of benzene rings is 1. The van der Waals surface area contributed by atoms with Crippen LogP contribution in [0.2, 0.25) is 0 Å². The molecule has 0 saturated carbocycles. The molecular weight excluding hydrogens is 254 g/mol. The highest BCUT2D eigenvalue weighted by molar-refractivity contribution is 5.81. The number of carbonyl (C=O) groups excluding carboxylic acids is 1. The molecule has 2 aromatic rings. The van der Waals surface area contributed by atoms with Crippen molar-refractivity contribution in [3.05, 3.63) is 53.7 Å². The van der Waals surface area contributed by atoms with E-state index < -0.39 is 6.04 Å². The minimum absolute atomic E-state index is 0.204. The van der Waals surface area contributed by atoms with Crippen molar-refractivity contribution in [3.63, 3.8) is 0 Å². The molecule has 106 valence electrons. The van der Waals surface area contributed by atoms with Crippen LogP contribution in [0.25, 0.3) is 0 Å². The van der Waals surface area contributed by atoms with E-state index in [0.717, 1.165) is 17.7 Å². The maximum Gasteiger partial charge on any atom is 0.237 e. The Hall–Kier alpha value is -2.14. The second kappa shape index (κ2) is 6.86. The maximum absolute atomic E-state index is 11.9. The number of oxazole rings is 1. The van der Waals surface area contributed by atoms with Crippen LogP contribution in [0, 0.1) is 0 Å². The zero-order valence-corrected chi connectivity index (χ0v) is 11.5.